The van der Waals surface area contributed by atoms with Gasteiger partial charge in [0.05, 0.1) is 11.2 Å². The van der Waals surface area contributed by atoms with Crippen molar-refractivity contribution in [1.82, 2.24) is 15.0 Å². The molecule has 1 saturated heterocycles. The molecule has 0 amide bonds. The second-order valence-corrected chi connectivity index (χ2v) is 5.77. The molecule has 3 N–H and O–H groups in total. The molecule has 0 bridgehead atoms. The summed E-state index contributed by atoms with van der Waals surface area (Å²) < 4.78 is 11.3. The zero-order valence-corrected chi connectivity index (χ0v) is 12.6. The van der Waals surface area contributed by atoms with Crippen LogP contribution in [0.1, 0.15) is 50.5 Å². The monoisotopic (exact) mass is 290 g/mol. The Bertz CT molecular complexity index is 617. The van der Waals surface area contributed by atoms with Gasteiger partial charge in [0.2, 0.25) is 0 Å². The van der Waals surface area contributed by atoms with Gasteiger partial charge in [-0.05, 0) is 25.2 Å². The number of nitrogen functional groups attached to an aromatic ring is 1. The Hall–Kier alpha value is -1.66. The third kappa shape index (κ3) is 3.16. The molecule has 0 aromatic carbocycles. The highest BCUT2D eigenvalue weighted by Crippen LogP contribution is 2.24. The van der Waals surface area contributed by atoms with Gasteiger partial charge in [-0.3, -0.25) is 0 Å². The molecule has 1 unspecified atom stereocenters. The van der Waals surface area contributed by atoms with Gasteiger partial charge in [0.1, 0.15) is 23.8 Å². The number of anilines is 1. The van der Waals surface area contributed by atoms with Crippen LogP contribution in [-0.2, 0) is 16.1 Å². The van der Waals surface area contributed by atoms with E-state index in [1.165, 1.54) is 0 Å². The van der Waals surface area contributed by atoms with E-state index < -0.39 is 0 Å². The maximum atomic E-state index is 5.85. The molecule has 2 aromatic heterocycles. The SMILES string of the molecule is CC(C)c1nc(N)cc2[nH]c(COC3CCCCO3)nc12. The number of fused-ring (bicyclic) bond motifs is 1. The summed E-state index contributed by atoms with van der Waals surface area (Å²) in [5, 5.41) is 0. The molecule has 6 heteroatoms. The lowest BCUT2D eigenvalue weighted by molar-refractivity contribution is -0.169. The lowest BCUT2D eigenvalue weighted by Gasteiger charge is -2.22. The molecule has 0 radical (unpaired) electrons. The summed E-state index contributed by atoms with van der Waals surface area (Å²) in [5.41, 5.74) is 8.56. The lowest BCUT2D eigenvalue weighted by atomic mass is 10.1. The number of hydrogen-bond acceptors (Lipinski definition) is 5. The summed E-state index contributed by atoms with van der Waals surface area (Å²) in [6, 6.07) is 1.81. The Morgan fingerprint density at radius 1 is 1.43 bits per heavy atom. The number of nitrogens with two attached hydrogens (primary N) is 1. The highest BCUT2D eigenvalue weighted by Gasteiger charge is 2.16. The van der Waals surface area contributed by atoms with Crippen LogP contribution in [0.25, 0.3) is 11.0 Å². The Labute approximate surface area is 124 Å². The molecular weight excluding hydrogens is 268 g/mol. The largest absolute Gasteiger partial charge is 0.384 e. The van der Waals surface area contributed by atoms with Crippen molar-refractivity contribution in [3.63, 3.8) is 0 Å². The molecule has 3 heterocycles. The van der Waals surface area contributed by atoms with Crippen LogP contribution in [0.3, 0.4) is 0 Å². The van der Waals surface area contributed by atoms with Crippen LogP contribution in [0.4, 0.5) is 5.82 Å². The van der Waals surface area contributed by atoms with Gasteiger partial charge in [-0.15, -0.1) is 0 Å². The molecule has 114 valence electrons. The summed E-state index contributed by atoms with van der Waals surface area (Å²) in [6.45, 7) is 5.36. The minimum absolute atomic E-state index is 0.111. The fourth-order valence-electron chi connectivity index (χ4n) is 2.60. The smallest absolute Gasteiger partial charge is 0.158 e. The fraction of sp³-hybridized carbons (Fsp3) is 0.600. The van der Waals surface area contributed by atoms with Crippen molar-refractivity contribution in [3.8, 4) is 0 Å². The second-order valence-electron chi connectivity index (χ2n) is 5.77. The number of rotatable bonds is 4. The summed E-state index contributed by atoms with van der Waals surface area (Å²) in [6.07, 6.45) is 3.11. The van der Waals surface area contributed by atoms with Gasteiger partial charge in [0, 0.05) is 12.7 Å². The van der Waals surface area contributed by atoms with E-state index in [1.54, 1.807) is 0 Å². The predicted octanol–water partition coefficient (Wildman–Crippen LogP) is 2.71. The molecule has 2 aromatic rings. The average Bonchev–Trinajstić information content (AvgIpc) is 2.87. The molecule has 6 nitrogen and oxygen atoms in total. The topological polar surface area (TPSA) is 86.0 Å². The van der Waals surface area contributed by atoms with Crippen LogP contribution in [0.2, 0.25) is 0 Å². The maximum Gasteiger partial charge on any atom is 0.158 e. The molecule has 21 heavy (non-hydrogen) atoms. The van der Waals surface area contributed by atoms with Crippen LogP contribution in [0, 0.1) is 0 Å². The van der Waals surface area contributed by atoms with Gasteiger partial charge in [-0.2, -0.15) is 0 Å². The van der Waals surface area contributed by atoms with E-state index in [0.29, 0.717) is 12.4 Å². The van der Waals surface area contributed by atoms with Crippen LogP contribution in [0.5, 0.6) is 0 Å². The Balaban J connectivity index is 1.78. The molecule has 1 fully saturated rings. The van der Waals surface area contributed by atoms with Crippen molar-refractivity contribution in [2.45, 2.75) is 51.9 Å². The molecule has 1 aliphatic heterocycles. The van der Waals surface area contributed by atoms with E-state index in [2.05, 4.69) is 28.8 Å². The quantitative estimate of drug-likeness (QED) is 0.904. The third-order valence-electron chi connectivity index (χ3n) is 3.66. The van der Waals surface area contributed by atoms with E-state index in [-0.39, 0.29) is 12.2 Å². The summed E-state index contributed by atoms with van der Waals surface area (Å²) in [4.78, 5) is 12.3. The van der Waals surface area contributed by atoms with E-state index in [4.69, 9.17) is 15.2 Å². The predicted molar refractivity (Wildman–Crippen MR) is 80.8 cm³/mol. The first kappa shape index (κ1) is 14.3. The van der Waals surface area contributed by atoms with E-state index in [1.807, 2.05) is 6.07 Å². The maximum absolute atomic E-state index is 5.85. The van der Waals surface area contributed by atoms with Crippen molar-refractivity contribution in [1.29, 1.82) is 0 Å². The van der Waals surface area contributed by atoms with E-state index in [0.717, 1.165) is 48.4 Å². The van der Waals surface area contributed by atoms with Gasteiger partial charge in [0.15, 0.2) is 6.29 Å². The third-order valence-corrected chi connectivity index (χ3v) is 3.66. The van der Waals surface area contributed by atoms with Gasteiger partial charge in [-0.1, -0.05) is 13.8 Å². The first-order valence-electron chi connectivity index (χ1n) is 7.51. The van der Waals surface area contributed by atoms with Crippen molar-refractivity contribution < 1.29 is 9.47 Å². The number of pyridine rings is 1. The number of imidazole rings is 1. The van der Waals surface area contributed by atoms with Crippen LogP contribution in [0.15, 0.2) is 6.07 Å². The van der Waals surface area contributed by atoms with Crippen LogP contribution in [-0.4, -0.2) is 27.8 Å². The number of nitrogens with zero attached hydrogens (tertiary/aromatic N) is 2. The van der Waals surface area contributed by atoms with Crippen molar-refractivity contribution in [2.24, 2.45) is 0 Å². The number of hydrogen-bond donors (Lipinski definition) is 2. The number of nitrogens with one attached hydrogen (secondary N) is 1. The summed E-state index contributed by atoms with van der Waals surface area (Å²) >= 11 is 0. The van der Waals surface area contributed by atoms with Crippen LogP contribution < -0.4 is 5.73 Å². The lowest BCUT2D eigenvalue weighted by Crippen LogP contribution is -2.22. The molecule has 0 aliphatic carbocycles. The van der Waals surface area contributed by atoms with Gasteiger partial charge >= 0.3 is 0 Å². The van der Waals surface area contributed by atoms with Crippen molar-refractivity contribution >= 4 is 16.9 Å². The molecule has 0 saturated carbocycles. The molecule has 3 rings (SSSR count). The minimum atomic E-state index is -0.111. The van der Waals surface area contributed by atoms with Gasteiger partial charge in [0.25, 0.3) is 0 Å². The summed E-state index contributed by atoms with van der Waals surface area (Å²) in [7, 11) is 0. The summed E-state index contributed by atoms with van der Waals surface area (Å²) in [5.74, 6) is 1.57. The Kier molecular flexibility index (Phi) is 4.07. The standard InChI is InChI=1S/C15H22N4O2/c1-9(2)14-15-10(7-11(16)18-14)17-12(19-15)8-21-13-5-3-4-6-20-13/h7,9,13H,3-6,8H2,1-2H3,(H2,16,18)(H,17,19). The van der Waals surface area contributed by atoms with Crippen molar-refractivity contribution in [3.05, 3.63) is 17.6 Å². The first-order chi connectivity index (χ1) is 10.1. The van der Waals surface area contributed by atoms with Gasteiger partial charge < -0.3 is 20.2 Å². The molecule has 1 aliphatic rings. The first-order valence-corrected chi connectivity index (χ1v) is 7.51. The van der Waals surface area contributed by atoms with Crippen LogP contribution >= 0.6 is 0 Å². The zero-order chi connectivity index (χ0) is 14.8. The highest BCUT2D eigenvalue weighted by atomic mass is 16.7. The van der Waals surface area contributed by atoms with E-state index in [9.17, 15) is 0 Å². The number of H-pyrrole nitrogens is 1. The average molecular weight is 290 g/mol. The van der Waals surface area contributed by atoms with Gasteiger partial charge in [-0.25, -0.2) is 9.97 Å². The molecule has 1 atom stereocenters. The number of ether oxygens (including phenoxy) is 2. The Morgan fingerprint density at radius 3 is 3.00 bits per heavy atom. The Morgan fingerprint density at radius 2 is 2.29 bits per heavy atom. The molecular formula is C15H22N4O2. The minimum Gasteiger partial charge on any atom is -0.384 e. The fourth-order valence-corrected chi connectivity index (χ4v) is 2.60. The zero-order valence-electron chi connectivity index (χ0n) is 12.6. The molecule has 0 spiro atoms. The van der Waals surface area contributed by atoms with E-state index >= 15 is 0 Å². The normalized spacial score (nSPS) is 19.5. The number of aromatic nitrogens is 3. The highest BCUT2D eigenvalue weighted by molar-refractivity contribution is 5.80. The second kappa shape index (κ2) is 5.99. The number of aromatic amines is 1. The van der Waals surface area contributed by atoms with Crippen molar-refractivity contribution in [2.75, 3.05) is 12.3 Å².